The standard InChI is InChI=1S/C19H21N5O2/c1-22-18(7-9-21-22)19(25)24-11-16-6-4-10-23(16)12-17(13-24)26-14-15-5-2-3-8-20-15/h2-10,17H,11-14H2,1H3/t17-/m1/s1. The largest absolute Gasteiger partial charge is 0.368 e. The molecule has 1 aliphatic heterocycles. The third-order valence-electron chi connectivity index (χ3n) is 4.62. The maximum Gasteiger partial charge on any atom is 0.272 e. The average molecular weight is 351 g/mol. The Hall–Kier alpha value is -2.93. The maximum absolute atomic E-state index is 13.0. The summed E-state index contributed by atoms with van der Waals surface area (Å²) in [6.07, 6.45) is 5.32. The molecule has 0 radical (unpaired) electrons. The number of aryl methyl sites for hydroxylation is 1. The van der Waals surface area contributed by atoms with Crippen LogP contribution in [-0.4, -0.2) is 42.8 Å². The summed E-state index contributed by atoms with van der Waals surface area (Å²) in [5.74, 6) is -0.0360. The molecular weight excluding hydrogens is 330 g/mol. The van der Waals surface area contributed by atoms with E-state index in [-0.39, 0.29) is 12.0 Å². The number of pyridine rings is 1. The first-order chi connectivity index (χ1) is 12.7. The molecule has 7 nitrogen and oxygen atoms in total. The van der Waals surface area contributed by atoms with E-state index >= 15 is 0 Å². The molecular formula is C19H21N5O2. The van der Waals surface area contributed by atoms with Crippen molar-refractivity contribution in [3.63, 3.8) is 0 Å². The first kappa shape index (κ1) is 16.5. The van der Waals surface area contributed by atoms with Crippen molar-refractivity contribution in [1.29, 1.82) is 0 Å². The van der Waals surface area contributed by atoms with Gasteiger partial charge < -0.3 is 14.2 Å². The van der Waals surface area contributed by atoms with E-state index in [0.29, 0.717) is 31.9 Å². The van der Waals surface area contributed by atoms with Gasteiger partial charge >= 0.3 is 0 Å². The molecule has 0 unspecified atom stereocenters. The Labute approximate surface area is 151 Å². The number of nitrogens with zero attached hydrogens (tertiary/aromatic N) is 5. The minimum atomic E-state index is -0.108. The van der Waals surface area contributed by atoms with E-state index < -0.39 is 0 Å². The van der Waals surface area contributed by atoms with Crippen LogP contribution in [0.25, 0.3) is 0 Å². The summed E-state index contributed by atoms with van der Waals surface area (Å²) < 4.78 is 9.86. The SMILES string of the molecule is Cn1nccc1C(=O)N1Cc2cccn2C[C@@H](OCc2ccccn2)C1. The highest BCUT2D eigenvalue weighted by molar-refractivity contribution is 5.92. The highest BCUT2D eigenvalue weighted by atomic mass is 16.5. The van der Waals surface area contributed by atoms with Crippen molar-refractivity contribution >= 4 is 5.91 Å². The number of amides is 1. The maximum atomic E-state index is 13.0. The van der Waals surface area contributed by atoms with Gasteiger partial charge in [-0.1, -0.05) is 6.07 Å². The molecule has 4 heterocycles. The fourth-order valence-electron chi connectivity index (χ4n) is 3.25. The molecule has 4 rings (SSSR count). The number of hydrogen-bond acceptors (Lipinski definition) is 4. The lowest BCUT2D eigenvalue weighted by molar-refractivity contribution is 0.00897. The fourth-order valence-corrected chi connectivity index (χ4v) is 3.25. The highest BCUT2D eigenvalue weighted by Crippen LogP contribution is 2.18. The van der Waals surface area contributed by atoms with Crippen LogP contribution in [-0.2, 0) is 31.5 Å². The monoisotopic (exact) mass is 351 g/mol. The number of aromatic nitrogens is 4. The molecule has 0 saturated carbocycles. The quantitative estimate of drug-likeness (QED) is 0.720. The number of ether oxygens (including phenoxy) is 1. The van der Waals surface area contributed by atoms with Gasteiger partial charge in [0.25, 0.3) is 5.91 Å². The summed E-state index contributed by atoms with van der Waals surface area (Å²) in [5, 5.41) is 4.11. The normalized spacial score (nSPS) is 17.0. The molecule has 134 valence electrons. The van der Waals surface area contributed by atoms with Crippen LogP contribution in [0, 0.1) is 0 Å². The zero-order valence-electron chi connectivity index (χ0n) is 14.7. The van der Waals surface area contributed by atoms with Crippen LogP contribution in [0.5, 0.6) is 0 Å². The molecule has 0 fully saturated rings. The Morgan fingerprint density at radius 3 is 2.88 bits per heavy atom. The van der Waals surface area contributed by atoms with E-state index in [1.165, 1.54) is 0 Å². The minimum absolute atomic E-state index is 0.0360. The number of fused-ring (bicyclic) bond motifs is 1. The lowest BCUT2D eigenvalue weighted by Gasteiger charge is -2.24. The van der Waals surface area contributed by atoms with Gasteiger partial charge in [0.15, 0.2) is 0 Å². The Bertz CT molecular complexity index is 886. The summed E-state index contributed by atoms with van der Waals surface area (Å²) in [4.78, 5) is 19.1. The summed E-state index contributed by atoms with van der Waals surface area (Å²) in [7, 11) is 1.78. The molecule has 0 aromatic carbocycles. The zero-order chi connectivity index (χ0) is 17.9. The summed E-state index contributed by atoms with van der Waals surface area (Å²) >= 11 is 0. The van der Waals surface area contributed by atoms with Gasteiger partial charge in [0.2, 0.25) is 0 Å². The third-order valence-corrected chi connectivity index (χ3v) is 4.62. The predicted molar refractivity (Wildman–Crippen MR) is 95.2 cm³/mol. The van der Waals surface area contributed by atoms with Gasteiger partial charge in [0.1, 0.15) is 5.69 Å². The van der Waals surface area contributed by atoms with Gasteiger partial charge in [-0.05, 0) is 30.3 Å². The van der Waals surface area contributed by atoms with Crippen molar-refractivity contribution in [2.45, 2.75) is 25.8 Å². The van der Waals surface area contributed by atoms with Crippen LogP contribution < -0.4 is 0 Å². The molecule has 7 heteroatoms. The third kappa shape index (κ3) is 3.39. The van der Waals surface area contributed by atoms with Gasteiger partial charge in [0.05, 0.1) is 31.5 Å². The molecule has 0 aliphatic carbocycles. The van der Waals surface area contributed by atoms with Crippen molar-refractivity contribution < 1.29 is 9.53 Å². The van der Waals surface area contributed by atoms with Crippen molar-refractivity contribution in [1.82, 2.24) is 24.2 Å². The number of rotatable bonds is 4. The predicted octanol–water partition coefficient (Wildman–Crippen LogP) is 1.86. The molecule has 0 spiro atoms. The van der Waals surface area contributed by atoms with Crippen LogP contribution in [0.15, 0.2) is 55.0 Å². The molecule has 1 aliphatic rings. The van der Waals surface area contributed by atoms with Crippen molar-refractivity contribution in [2.24, 2.45) is 7.05 Å². The molecule has 26 heavy (non-hydrogen) atoms. The summed E-state index contributed by atoms with van der Waals surface area (Å²) in [6.45, 7) is 2.22. The summed E-state index contributed by atoms with van der Waals surface area (Å²) in [5.41, 5.74) is 2.56. The molecule has 3 aromatic rings. The molecule has 0 N–H and O–H groups in total. The Kier molecular flexibility index (Phi) is 4.53. The summed E-state index contributed by atoms with van der Waals surface area (Å²) in [6, 6.07) is 11.6. The van der Waals surface area contributed by atoms with Gasteiger partial charge in [-0.3, -0.25) is 14.5 Å². The van der Waals surface area contributed by atoms with Crippen molar-refractivity contribution in [2.75, 3.05) is 6.54 Å². The van der Waals surface area contributed by atoms with Crippen LogP contribution in [0.2, 0.25) is 0 Å². The van der Waals surface area contributed by atoms with E-state index in [1.807, 2.05) is 41.4 Å². The van der Waals surface area contributed by atoms with E-state index in [0.717, 1.165) is 11.4 Å². The lowest BCUT2D eigenvalue weighted by atomic mass is 10.2. The molecule has 1 atom stereocenters. The second kappa shape index (κ2) is 7.13. The topological polar surface area (TPSA) is 65.2 Å². The van der Waals surface area contributed by atoms with E-state index in [2.05, 4.69) is 14.6 Å². The van der Waals surface area contributed by atoms with E-state index in [4.69, 9.17) is 4.74 Å². The van der Waals surface area contributed by atoms with Crippen LogP contribution in [0.4, 0.5) is 0 Å². The van der Waals surface area contributed by atoms with Crippen molar-refractivity contribution in [3.05, 3.63) is 72.1 Å². The molecule has 3 aromatic heterocycles. The van der Waals surface area contributed by atoms with Crippen LogP contribution >= 0.6 is 0 Å². The van der Waals surface area contributed by atoms with E-state index in [9.17, 15) is 4.79 Å². The fraction of sp³-hybridized carbons (Fsp3) is 0.316. The van der Waals surface area contributed by atoms with Gasteiger partial charge in [0, 0.05) is 37.9 Å². The van der Waals surface area contributed by atoms with Gasteiger partial charge in [-0.2, -0.15) is 5.10 Å². The number of carbonyl (C=O) groups is 1. The van der Waals surface area contributed by atoms with Crippen LogP contribution in [0.1, 0.15) is 21.9 Å². The number of carbonyl (C=O) groups excluding carboxylic acids is 1. The van der Waals surface area contributed by atoms with E-state index in [1.54, 1.807) is 30.2 Å². The number of hydrogen-bond donors (Lipinski definition) is 0. The average Bonchev–Trinajstić information content (AvgIpc) is 3.24. The highest BCUT2D eigenvalue weighted by Gasteiger charge is 2.27. The minimum Gasteiger partial charge on any atom is -0.368 e. The second-order valence-electron chi connectivity index (χ2n) is 6.43. The Morgan fingerprint density at radius 1 is 1.19 bits per heavy atom. The Morgan fingerprint density at radius 2 is 2.12 bits per heavy atom. The zero-order valence-corrected chi connectivity index (χ0v) is 14.7. The molecule has 1 amide bonds. The molecule has 0 bridgehead atoms. The first-order valence-electron chi connectivity index (χ1n) is 8.63. The van der Waals surface area contributed by atoms with Crippen LogP contribution in [0.3, 0.4) is 0 Å². The van der Waals surface area contributed by atoms with Gasteiger partial charge in [-0.15, -0.1) is 0 Å². The van der Waals surface area contributed by atoms with Gasteiger partial charge in [-0.25, -0.2) is 0 Å². The molecule has 0 saturated heterocycles. The first-order valence-corrected chi connectivity index (χ1v) is 8.63. The Balaban J connectivity index is 1.53. The second-order valence-corrected chi connectivity index (χ2v) is 6.43. The van der Waals surface area contributed by atoms with Crippen molar-refractivity contribution in [3.8, 4) is 0 Å². The lowest BCUT2D eigenvalue weighted by Crippen LogP contribution is -2.38. The smallest absolute Gasteiger partial charge is 0.272 e.